The van der Waals surface area contributed by atoms with Crippen LogP contribution in [0.2, 0.25) is 0 Å². The fourth-order valence-electron chi connectivity index (χ4n) is 1.96. The van der Waals surface area contributed by atoms with Crippen LogP contribution < -0.4 is 5.56 Å². The molecule has 0 aliphatic heterocycles. The van der Waals surface area contributed by atoms with Crippen molar-refractivity contribution in [2.75, 3.05) is 6.61 Å². The van der Waals surface area contributed by atoms with Crippen molar-refractivity contribution in [2.24, 2.45) is 0 Å². The predicted molar refractivity (Wildman–Crippen MR) is 76.5 cm³/mol. The third-order valence-corrected chi connectivity index (χ3v) is 2.99. The van der Waals surface area contributed by atoms with Crippen LogP contribution in [0.25, 0.3) is 10.9 Å². The minimum Gasteiger partial charge on any atom is -0.466 e. The molecular weight excluding hydrogens is 256 g/mol. The van der Waals surface area contributed by atoms with Crippen LogP contribution in [-0.4, -0.2) is 22.1 Å². The van der Waals surface area contributed by atoms with E-state index >= 15 is 0 Å². The lowest BCUT2D eigenvalue weighted by Crippen LogP contribution is -2.21. The molecule has 0 bridgehead atoms. The predicted octanol–water partition coefficient (Wildman–Crippen LogP) is 2.13. The average Bonchev–Trinajstić information content (AvgIpc) is 2.46. The van der Waals surface area contributed by atoms with E-state index in [4.69, 9.17) is 4.74 Å². The van der Waals surface area contributed by atoms with Crippen LogP contribution in [-0.2, 0) is 16.1 Å². The van der Waals surface area contributed by atoms with E-state index in [-0.39, 0.29) is 11.5 Å². The Balaban J connectivity index is 1.95. The Hall–Kier alpha value is -2.17. The van der Waals surface area contributed by atoms with Crippen molar-refractivity contribution < 1.29 is 9.53 Å². The normalized spacial score (nSPS) is 10.7. The fourth-order valence-corrected chi connectivity index (χ4v) is 1.96. The maximum Gasteiger partial charge on any atom is 0.305 e. The highest BCUT2D eigenvalue weighted by molar-refractivity contribution is 5.76. The molecule has 0 saturated carbocycles. The van der Waals surface area contributed by atoms with Crippen molar-refractivity contribution in [3.63, 3.8) is 0 Å². The zero-order chi connectivity index (χ0) is 14.4. The third kappa shape index (κ3) is 3.44. The minimum atomic E-state index is -0.184. The number of aromatic nitrogens is 2. The number of esters is 1. The molecule has 0 spiro atoms. The van der Waals surface area contributed by atoms with Crippen molar-refractivity contribution in [1.82, 2.24) is 9.55 Å². The fraction of sp³-hybridized carbons (Fsp3) is 0.400. The van der Waals surface area contributed by atoms with Gasteiger partial charge >= 0.3 is 5.97 Å². The highest BCUT2D eigenvalue weighted by Crippen LogP contribution is 2.04. The number of carbonyl (C=O) groups is 1. The van der Waals surface area contributed by atoms with E-state index in [0.29, 0.717) is 36.9 Å². The van der Waals surface area contributed by atoms with Gasteiger partial charge in [0.05, 0.1) is 23.8 Å². The summed E-state index contributed by atoms with van der Waals surface area (Å²) in [5.74, 6) is -0.184. The van der Waals surface area contributed by atoms with E-state index < -0.39 is 0 Å². The van der Waals surface area contributed by atoms with Gasteiger partial charge in [-0.3, -0.25) is 14.2 Å². The highest BCUT2D eigenvalue weighted by Gasteiger charge is 2.04. The summed E-state index contributed by atoms with van der Waals surface area (Å²) in [4.78, 5) is 27.6. The lowest BCUT2D eigenvalue weighted by molar-refractivity contribution is -0.143. The first-order valence-electron chi connectivity index (χ1n) is 6.82. The molecule has 1 heterocycles. The summed E-state index contributed by atoms with van der Waals surface area (Å²) in [6, 6.07) is 7.25. The number of fused-ring (bicyclic) bond motifs is 1. The zero-order valence-corrected chi connectivity index (χ0v) is 11.5. The van der Waals surface area contributed by atoms with Gasteiger partial charge in [-0.2, -0.15) is 0 Å². The molecule has 0 saturated heterocycles. The van der Waals surface area contributed by atoms with Crippen LogP contribution in [0.15, 0.2) is 35.4 Å². The number of hydrogen-bond donors (Lipinski definition) is 0. The maximum atomic E-state index is 12.2. The second-order valence-electron chi connectivity index (χ2n) is 4.58. The molecule has 2 aromatic rings. The highest BCUT2D eigenvalue weighted by atomic mass is 16.5. The summed E-state index contributed by atoms with van der Waals surface area (Å²) in [6.07, 6.45) is 3.37. The number of ether oxygens (including phenoxy) is 1. The monoisotopic (exact) mass is 274 g/mol. The smallest absolute Gasteiger partial charge is 0.305 e. The molecule has 0 aliphatic carbocycles. The minimum absolute atomic E-state index is 0.0597. The van der Waals surface area contributed by atoms with Crippen molar-refractivity contribution >= 4 is 16.9 Å². The number of rotatable bonds is 6. The molecular formula is C15H18N2O3. The molecule has 5 heteroatoms. The van der Waals surface area contributed by atoms with E-state index in [0.717, 1.165) is 6.42 Å². The molecule has 0 N–H and O–H groups in total. The molecule has 0 amide bonds. The maximum absolute atomic E-state index is 12.2. The Morgan fingerprint density at radius 1 is 1.35 bits per heavy atom. The van der Waals surface area contributed by atoms with Crippen LogP contribution in [0, 0.1) is 0 Å². The lowest BCUT2D eigenvalue weighted by atomic mass is 10.2. The van der Waals surface area contributed by atoms with Crippen LogP contribution in [0.5, 0.6) is 0 Å². The number of carbonyl (C=O) groups excluding carboxylic acids is 1. The van der Waals surface area contributed by atoms with E-state index in [1.807, 2.05) is 25.1 Å². The van der Waals surface area contributed by atoms with Crippen molar-refractivity contribution in [3.8, 4) is 0 Å². The van der Waals surface area contributed by atoms with Crippen LogP contribution in [0.4, 0.5) is 0 Å². The van der Waals surface area contributed by atoms with Crippen LogP contribution in [0.1, 0.15) is 26.2 Å². The van der Waals surface area contributed by atoms with E-state index in [1.165, 1.54) is 0 Å². The Labute approximate surface area is 117 Å². The van der Waals surface area contributed by atoms with Crippen molar-refractivity contribution in [2.45, 2.75) is 32.7 Å². The Morgan fingerprint density at radius 2 is 2.15 bits per heavy atom. The first-order valence-corrected chi connectivity index (χ1v) is 6.82. The standard InChI is InChI=1S/C15H18N2O3/c1-2-6-14(18)20-10-5-9-17-11-16-13-8-4-3-7-12(13)15(17)19/h3-4,7-8,11H,2,5-6,9-10H2,1H3. The second kappa shape index (κ2) is 6.84. The van der Waals surface area contributed by atoms with Gasteiger partial charge in [0.2, 0.25) is 0 Å². The molecule has 106 valence electrons. The quantitative estimate of drug-likeness (QED) is 0.598. The van der Waals surface area contributed by atoms with E-state index in [9.17, 15) is 9.59 Å². The van der Waals surface area contributed by atoms with Gasteiger partial charge in [0.15, 0.2) is 0 Å². The first kappa shape index (κ1) is 14.2. The van der Waals surface area contributed by atoms with E-state index in [1.54, 1.807) is 17.0 Å². The molecule has 0 radical (unpaired) electrons. The summed E-state index contributed by atoms with van der Waals surface area (Å²) < 4.78 is 6.61. The van der Waals surface area contributed by atoms with Gasteiger partial charge in [-0.1, -0.05) is 19.1 Å². The van der Waals surface area contributed by atoms with Gasteiger partial charge < -0.3 is 4.74 Å². The average molecular weight is 274 g/mol. The second-order valence-corrected chi connectivity index (χ2v) is 4.58. The van der Waals surface area contributed by atoms with Gasteiger partial charge in [-0.15, -0.1) is 0 Å². The van der Waals surface area contributed by atoms with Gasteiger partial charge in [0, 0.05) is 13.0 Å². The molecule has 0 fully saturated rings. The Kier molecular flexibility index (Phi) is 4.87. The molecule has 20 heavy (non-hydrogen) atoms. The van der Waals surface area contributed by atoms with Crippen LogP contribution >= 0.6 is 0 Å². The molecule has 0 atom stereocenters. The molecule has 0 aliphatic rings. The zero-order valence-electron chi connectivity index (χ0n) is 11.5. The van der Waals surface area contributed by atoms with Gasteiger partial charge in [-0.05, 0) is 25.0 Å². The Morgan fingerprint density at radius 3 is 2.95 bits per heavy atom. The van der Waals surface area contributed by atoms with E-state index in [2.05, 4.69) is 4.98 Å². The van der Waals surface area contributed by atoms with Crippen molar-refractivity contribution in [1.29, 1.82) is 0 Å². The largest absolute Gasteiger partial charge is 0.466 e. The number of nitrogens with zero attached hydrogens (tertiary/aromatic N) is 2. The number of aryl methyl sites for hydroxylation is 1. The van der Waals surface area contributed by atoms with Crippen molar-refractivity contribution in [3.05, 3.63) is 40.9 Å². The van der Waals surface area contributed by atoms with Gasteiger partial charge in [0.1, 0.15) is 0 Å². The first-order chi connectivity index (χ1) is 9.72. The molecule has 1 aromatic carbocycles. The topological polar surface area (TPSA) is 61.2 Å². The lowest BCUT2D eigenvalue weighted by Gasteiger charge is -2.07. The Bertz CT molecular complexity index is 649. The molecule has 2 rings (SSSR count). The van der Waals surface area contributed by atoms with Gasteiger partial charge in [-0.25, -0.2) is 4.98 Å². The van der Waals surface area contributed by atoms with Gasteiger partial charge in [0.25, 0.3) is 5.56 Å². The summed E-state index contributed by atoms with van der Waals surface area (Å²) in [5.41, 5.74) is 0.638. The molecule has 1 aromatic heterocycles. The summed E-state index contributed by atoms with van der Waals surface area (Å²) in [5, 5.41) is 0.609. The summed E-state index contributed by atoms with van der Waals surface area (Å²) in [7, 11) is 0. The third-order valence-electron chi connectivity index (χ3n) is 2.99. The molecule has 5 nitrogen and oxygen atoms in total. The number of benzene rings is 1. The SMILES string of the molecule is CCCC(=O)OCCCn1cnc2ccccc2c1=O. The summed E-state index contributed by atoms with van der Waals surface area (Å²) in [6.45, 7) is 2.76. The van der Waals surface area contributed by atoms with Crippen LogP contribution in [0.3, 0.4) is 0 Å². The number of para-hydroxylation sites is 1. The molecule has 0 unspecified atom stereocenters. The number of hydrogen-bond acceptors (Lipinski definition) is 4. The summed E-state index contributed by atoms with van der Waals surface area (Å²) >= 11 is 0.